The zero-order chi connectivity index (χ0) is 20.1. The van der Waals surface area contributed by atoms with Crippen molar-refractivity contribution < 1.29 is 34.4 Å². The summed E-state index contributed by atoms with van der Waals surface area (Å²) in [5, 5.41) is 31.4. The summed E-state index contributed by atoms with van der Waals surface area (Å²) in [5.41, 5.74) is -1.71. The second-order valence-electron chi connectivity index (χ2n) is 6.44. The summed E-state index contributed by atoms with van der Waals surface area (Å²) in [6.07, 6.45) is -1.98. The van der Waals surface area contributed by atoms with Crippen LogP contribution < -0.4 is 0 Å². The van der Waals surface area contributed by atoms with Gasteiger partial charge >= 0.3 is 11.9 Å². The lowest BCUT2D eigenvalue weighted by Crippen LogP contribution is -2.61. The van der Waals surface area contributed by atoms with Crippen molar-refractivity contribution in [3.8, 4) is 0 Å². The molecule has 1 aliphatic rings. The normalized spacial score (nSPS) is 26.5. The zero-order valence-corrected chi connectivity index (χ0v) is 14.8. The first-order chi connectivity index (χ1) is 13.4. The summed E-state index contributed by atoms with van der Waals surface area (Å²) in [6, 6.07) is 16.2. The Morgan fingerprint density at radius 1 is 0.857 bits per heavy atom. The van der Waals surface area contributed by atoms with Crippen LogP contribution >= 0.6 is 0 Å². The van der Waals surface area contributed by atoms with Gasteiger partial charge in [-0.05, 0) is 30.3 Å². The smallest absolute Gasteiger partial charge is 0.338 e. The molecule has 3 N–H and O–H groups in total. The molecular weight excluding hydrogens is 364 g/mol. The highest BCUT2D eigenvalue weighted by Crippen LogP contribution is 2.28. The number of benzene rings is 2. The molecule has 0 saturated carbocycles. The molecule has 1 aliphatic carbocycles. The van der Waals surface area contributed by atoms with E-state index in [4.69, 9.17) is 9.47 Å². The van der Waals surface area contributed by atoms with Crippen LogP contribution in [0.3, 0.4) is 0 Å². The number of carbonyl (C=O) groups excluding carboxylic acids is 2. The van der Waals surface area contributed by atoms with E-state index in [9.17, 15) is 24.9 Å². The minimum Gasteiger partial charge on any atom is -0.459 e. The second kappa shape index (κ2) is 8.35. The van der Waals surface area contributed by atoms with E-state index in [1.165, 1.54) is 24.3 Å². The minimum absolute atomic E-state index is 0.258. The SMILES string of the molecule is O=C(OC[C@@]1(O)[C@H](O)C(OC(=O)c2ccccc2)C=C[C@@H]1O)c1ccccc1. The quantitative estimate of drug-likeness (QED) is 0.522. The van der Waals surface area contributed by atoms with E-state index in [-0.39, 0.29) is 11.1 Å². The third kappa shape index (κ3) is 4.12. The maximum Gasteiger partial charge on any atom is 0.338 e. The molecule has 0 fully saturated rings. The van der Waals surface area contributed by atoms with Gasteiger partial charge in [0.1, 0.15) is 24.9 Å². The number of hydrogen-bond acceptors (Lipinski definition) is 7. The highest BCUT2D eigenvalue weighted by molar-refractivity contribution is 5.90. The van der Waals surface area contributed by atoms with Crippen molar-refractivity contribution in [2.24, 2.45) is 0 Å². The molecule has 2 aromatic carbocycles. The molecule has 0 amide bonds. The summed E-state index contributed by atoms with van der Waals surface area (Å²) >= 11 is 0. The number of rotatable bonds is 5. The average Bonchev–Trinajstić information content (AvgIpc) is 2.74. The van der Waals surface area contributed by atoms with E-state index < -0.39 is 42.5 Å². The maximum atomic E-state index is 12.2. The predicted octanol–water partition coefficient (Wildman–Crippen LogP) is 1.09. The van der Waals surface area contributed by atoms with Crippen LogP contribution in [-0.4, -0.2) is 57.8 Å². The second-order valence-corrected chi connectivity index (χ2v) is 6.44. The molecule has 146 valence electrons. The summed E-state index contributed by atoms with van der Waals surface area (Å²) in [4.78, 5) is 24.3. The lowest BCUT2D eigenvalue weighted by molar-refractivity contribution is -0.183. The third-order valence-electron chi connectivity index (χ3n) is 4.52. The Morgan fingerprint density at radius 3 is 1.96 bits per heavy atom. The summed E-state index contributed by atoms with van der Waals surface area (Å²) < 4.78 is 10.3. The van der Waals surface area contributed by atoms with Gasteiger partial charge in [-0.25, -0.2) is 9.59 Å². The molecule has 7 heteroatoms. The Balaban J connectivity index is 1.69. The maximum absolute atomic E-state index is 12.2. The first-order valence-corrected chi connectivity index (χ1v) is 8.67. The van der Waals surface area contributed by atoms with E-state index in [1.54, 1.807) is 48.5 Å². The van der Waals surface area contributed by atoms with Gasteiger partial charge in [0.15, 0.2) is 5.60 Å². The fourth-order valence-corrected chi connectivity index (χ4v) is 2.83. The van der Waals surface area contributed by atoms with Crippen LogP contribution in [0.5, 0.6) is 0 Å². The molecule has 0 saturated heterocycles. The minimum atomic E-state index is -2.24. The van der Waals surface area contributed by atoms with Crippen molar-refractivity contribution in [3.05, 3.63) is 83.9 Å². The Labute approximate surface area is 161 Å². The van der Waals surface area contributed by atoms with Gasteiger partial charge in [0.05, 0.1) is 11.1 Å². The monoisotopic (exact) mass is 384 g/mol. The fraction of sp³-hybridized carbons (Fsp3) is 0.238. The van der Waals surface area contributed by atoms with Crippen molar-refractivity contribution in [1.29, 1.82) is 0 Å². The molecule has 0 bridgehead atoms. The van der Waals surface area contributed by atoms with Crippen LogP contribution in [0.2, 0.25) is 0 Å². The summed E-state index contributed by atoms with van der Waals surface area (Å²) in [7, 11) is 0. The van der Waals surface area contributed by atoms with Crippen LogP contribution in [0.1, 0.15) is 20.7 Å². The lowest BCUT2D eigenvalue weighted by atomic mass is 9.83. The molecule has 4 atom stereocenters. The van der Waals surface area contributed by atoms with Gasteiger partial charge in [-0.3, -0.25) is 0 Å². The number of aliphatic hydroxyl groups is 3. The van der Waals surface area contributed by atoms with Crippen LogP contribution in [0.25, 0.3) is 0 Å². The molecule has 0 aliphatic heterocycles. The largest absolute Gasteiger partial charge is 0.459 e. The molecule has 28 heavy (non-hydrogen) atoms. The van der Waals surface area contributed by atoms with Gasteiger partial charge in [0, 0.05) is 0 Å². The van der Waals surface area contributed by atoms with Crippen molar-refractivity contribution in [2.75, 3.05) is 6.61 Å². The zero-order valence-electron chi connectivity index (χ0n) is 14.8. The molecule has 1 unspecified atom stereocenters. The van der Waals surface area contributed by atoms with Crippen LogP contribution in [0.4, 0.5) is 0 Å². The summed E-state index contributed by atoms with van der Waals surface area (Å²) in [5.74, 6) is -1.42. The van der Waals surface area contributed by atoms with Gasteiger partial charge in [0.2, 0.25) is 0 Å². The van der Waals surface area contributed by atoms with Gasteiger partial charge in [-0.1, -0.05) is 42.5 Å². The van der Waals surface area contributed by atoms with Gasteiger partial charge in [-0.15, -0.1) is 0 Å². The van der Waals surface area contributed by atoms with Crippen molar-refractivity contribution >= 4 is 11.9 Å². The number of esters is 2. The number of aliphatic hydroxyl groups excluding tert-OH is 2. The molecule has 0 heterocycles. The van der Waals surface area contributed by atoms with Gasteiger partial charge < -0.3 is 24.8 Å². The molecule has 7 nitrogen and oxygen atoms in total. The first-order valence-electron chi connectivity index (χ1n) is 8.67. The topological polar surface area (TPSA) is 113 Å². The first kappa shape index (κ1) is 19.8. The van der Waals surface area contributed by atoms with Crippen LogP contribution in [0.15, 0.2) is 72.8 Å². The molecule has 2 aromatic rings. The van der Waals surface area contributed by atoms with Crippen LogP contribution in [-0.2, 0) is 9.47 Å². The Bertz CT molecular complexity index is 850. The van der Waals surface area contributed by atoms with E-state index in [1.807, 2.05) is 0 Å². The highest BCUT2D eigenvalue weighted by Gasteiger charge is 2.50. The van der Waals surface area contributed by atoms with E-state index in [2.05, 4.69) is 0 Å². The Morgan fingerprint density at radius 2 is 1.39 bits per heavy atom. The van der Waals surface area contributed by atoms with E-state index in [0.717, 1.165) is 0 Å². The van der Waals surface area contributed by atoms with Gasteiger partial charge in [0.25, 0.3) is 0 Å². The van der Waals surface area contributed by atoms with Crippen molar-refractivity contribution in [2.45, 2.75) is 23.9 Å². The Hall–Kier alpha value is -3.00. The molecular formula is C21H20O7. The molecule has 0 spiro atoms. The lowest BCUT2D eigenvalue weighted by Gasteiger charge is -2.40. The third-order valence-corrected chi connectivity index (χ3v) is 4.52. The molecule has 3 rings (SSSR count). The van der Waals surface area contributed by atoms with Crippen molar-refractivity contribution in [1.82, 2.24) is 0 Å². The van der Waals surface area contributed by atoms with Crippen LogP contribution in [0, 0.1) is 0 Å². The fourth-order valence-electron chi connectivity index (χ4n) is 2.83. The predicted molar refractivity (Wildman–Crippen MR) is 98.5 cm³/mol. The number of carbonyl (C=O) groups is 2. The summed E-state index contributed by atoms with van der Waals surface area (Å²) in [6.45, 7) is -0.688. The molecule has 0 radical (unpaired) electrons. The molecule has 0 aromatic heterocycles. The Kier molecular flexibility index (Phi) is 5.89. The number of hydrogen-bond donors (Lipinski definition) is 3. The van der Waals surface area contributed by atoms with Crippen molar-refractivity contribution in [3.63, 3.8) is 0 Å². The van der Waals surface area contributed by atoms with E-state index in [0.29, 0.717) is 0 Å². The number of ether oxygens (including phenoxy) is 2. The van der Waals surface area contributed by atoms with Gasteiger partial charge in [-0.2, -0.15) is 0 Å². The highest BCUT2D eigenvalue weighted by atomic mass is 16.6. The average molecular weight is 384 g/mol. The standard InChI is InChI=1S/C21H20O7/c22-17-12-11-16(28-20(25)15-9-5-2-6-10-15)18(23)21(17,26)13-27-19(24)14-7-3-1-4-8-14/h1-12,16-18,22-23,26H,13H2/t16?,17-,18+,21-/m0/s1. The van der Waals surface area contributed by atoms with E-state index >= 15 is 0 Å².